The lowest BCUT2D eigenvalue weighted by Crippen LogP contribution is -2.27. The monoisotopic (exact) mass is 333 g/mol. The average molecular weight is 334 g/mol. The molecule has 8 heteroatoms. The number of esters is 1. The second-order valence-electron chi connectivity index (χ2n) is 5.18. The number of carbonyl (C=O) groups excluding carboxylic acids is 1. The van der Waals surface area contributed by atoms with Gasteiger partial charge in [0.15, 0.2) is 5.69 Å². The van der Waals surface area contributed by atoms with Crippen molar-refractivity contribution < 1.29 is 9.53 Å². The molecule has 1 fully saturated rings. The van der Waals surface area contributed by atoms with Crippen LogP contribution >= 0.6 is 11.6 Å². The van der Waals surface area contributed by atoms with Gasteiger partial charge in [0.1, 0.15) is 11.6 Å². The fraction of sp³-hybridized carbons (Fsp3) is 0.333. The Morgan fingerprint density at radius 2 is 2.26 bits per heavy atom. The number of anilines is 2. The van der Waals surface area contributed by atoms with Gasteiger partial charge in [-0.2, -0.15) is 0 Å². The number of carbonyl (C=O) groups is 1. The molecule has 2 aromatic heterocycles. The molecule has 1 atom stereocenters. The molecule has 23 heavy (non-hydrogen) atoms. The third-order valence-corrected chi connectivity index (χ3v) is 3.93. The highest BCUT2D eigenvalue weighted by Crippen LogP contribution is 2.26. The van der Waals surface area contributed by atoms with Gasteiger partial charge in [0.2, 0.25) is 0 Å². The Bertz CT molecular complexity index is 695. The van der Waals surface area contributed by atoms with Gasteiger partial charge in [-0.05, 0) is 30.7 Å². The van der Waals surface area contributed by atoms with Gasteiger partial charge < -0.3 is 15.0 Å². The van der Waals surface area contributed by atoms with Gasteiger partial charge in [-0.3, -0.25) is 0 Å². The van der Waals surface area contributed by atoms with E-state index in [1.54, 1.807) is 18.3 Å². The molecular formula is C15H16ClN5O2. The molecule has 0 radical (unpaired) electrons. The van der Waals surface area contributed by atoms with Crippen LogP contribution in [0.5, 0.6) is 0 Å². The molecule has 0 saturated carbocycles. The lowest BCUT2D eigenvalue weighted by molar-refractivity contribution is 0.0593. The Balaban J connectivity index is 1.62. The number of rotatable bonds is 4. The molecule has 0 aliphatic carbocycles. The van der Waals surface area contributed by atoms with Crippen LogP contribution in [0.4, 0.5) is 11.6 Å². The Morgan fingerprint density at radius 3 is 2.96 bits per heavy atom. The minimum Gasteiger partial charge on any atom is -0.464 e. The number of halogens is 1. The largest absolute Gasteiger partial charge is 0.464 e. The standard InChI is InChI=1S/C15H16ClN5O2/c1-23-15(22)12-4-5-13(20-19-12)18-10-6-8-21(9-10)14-11(16)3-2-7-17-14/h2-5,7,10H,6,8-9H2,1H3,(H,18,20)/t10-/m1/s1. The molecule has 3 rings (SSSR count). The smallest absolute Gasteiger partial charge is 0.358 e. The molecule has 3 heterocycles. The normalized spacial score (nSPS) is 17.1. The SMILES string of the molecule is COC(=O)c1ccc(N[C@@H]2CCN(c3ncccc3Cl)C2)nn1. The summed E-state index contributed by atoms with van der Waals surface area (Å²) in [5.41, 5.74) is 0.186. The Hall–Kier alpha value is -2.41. The number of nitrogens with zero attached hydrogens (tertiary/aromatic N) is 4. The number of aromatic nitrogens is 3. The van der Waals surface area contributed by atoms with Gasteiger partial charge >= 0.3 is 5.97 Å². The number of nitrogens with one attached hydrogen (secondary N) is 1. The van der Waals surface area contributed by atoms with Gasteiger partial charge in [0, 0.05) is 25.3 Å². The molecule has 0 aromatic carbocycles. The molecule has 120 valence electrons. The first-order chi connectivity index (χ1) is 11.2. The van der Waals surface area contributed by atoms with Crippen LogP contribution in [0.25, 0.3) is 0 Å². The van der Waals surface area contributed by atoms with E-state index < -0.39 is 5.97 Å². The molecule has 1 saturated heterocycles. The third-order valence-electron chi connectivity index (χ3n) is 3.64. The first-order valence-electron chi connectivity index (χ1n) is 7.21. The van der Waals surface area contributed by atoms with E-state index in [1.165, 1.54) is 7.11 Å². The molecule has 0 unspecified atom stereocenters. The van der Waals surface area contributed by atoms with Crippen molar-refractivity contribution in [1.82, 2.24) is 15.2 Å². The van der Waals surface area contributed by atoms with Crippen molar-refractivity contribution in [1.29, 1.82) is 0 Å². The fourth-order valence-electron chi connectivity index (χ4n) is 2.51. The molecule has 0 spiro atoms. The minimum absolute atomic E-state index is 0.186. The fourth-order valence-corrected chi connectivity index (χ4v) is 2.75. The zero-order valence-electron chi connectivity index (χ0n) is 12.6. The van der Waals surface area contributed by atoms with Crippen LogP contribution in [0.2, 0.25) is 5.02 Å². The zero-order chi connectivity index (χ0) is 16.2. The Morgan fingerprint density at radius 1 is 1.39 bits per heavy atom. The lowest BCUT2D eigenvalue weighted by atomic mass is 10.2. The zero-order valence-corrected chi connectivity index (χ0v) is 13.3. The van der Waals surface area contributed by atoms with Gasteiger partial charge in [-0.25, -0.2) is 9.78 Å². The van der Waals surface area contributed by atoms with Crippen LogP contribution in [0.15, 0.2) is 30.5 Å². The Kier molecular flexibility index (Phi) is 4.57. The van der Waals surface area contributed by atoms with Crippen molar-refractivity contribution in [3.63, 3.8) is 0 Å². The van der Waals surface area contributed by atoms with Gasteiger partial charge in [0.25, 0.3) is 0 Å². The molecule has 1 N–H and O–H groups in total. The van der Waals surface area contributed by atoms with Crippen LogP contribution in [-0.2, 0) is 4.74 Å². The highest BCUT2D eigenvalue weighted by atomic mass is 35.5. The number of pyridine rings is 1. The van der Waals surface area contributed by atoms with Crippen LogP contribution in [0, 0.1) is 0 Å². The Labute approximate surface area is 138 Å². The maximum absolute atomic E-state index is 11.3. The summed E-state index contributed by atoms with van der Waals surface area (Å²) in [7, 11) is 1.31. The minimum atomic E-state index is -0.499. The summed E-state index contributed by atoms with van der Waals surface area (Å²) in [6, 6.07) is 7.17. The van der Waals surface area contributed by atoms with E-state index in [9.17, 15) is 4.79 Å². The van der Waals surface area contributed by atoms with E-state index in [-0.39, 0.29) is 11.7 Å². The maximum Gasteiger partial charge on any atom is 0.358 e. The summed E-state index contributed by atoms with van der Waals surface area (Å²) in [6.07, 6.45) is 2.67. The first-order valence-corrected chi connectivity index (χ1v) is 7.59. The second kappa shape index (κ2) is 6.78. The molecule has 2 aromatic rings. The van der Waals surface area contributed by atoms with Crippen LogP contribution in [-0.4, -0.2) is 47.4 Å². The summed E-state index contributed by atoms with van der Waals surface area (Å²) < 4.78 is 4.60. The van der Waals surface area contributed by atoms with Crippen molar-refractivity contribution in [3.05, 3.63) is 41.2 Å². The van der Waals surface area contributed by atoms with E-state index in [0.29, 0.717) is 10.8 Å². The second-order valence-corrected chi connectivity index (χ2v) is 5.59. The van der Waals surface area contributed by atoms with Gasteiger partial charge in [-0.1, -0.05) is 11.6 Å². The summed E-state index contributed by atoms with van der Waals surface area (Å²) in [4.78, 5) is 17.8. The van der Waals surface area contributed by atoms with Crippen LogP contribution in [0.3, 0.4) is 0 Å². The van der Waals surface area contributed by atoms with E-state index in [0.717, 1.165) is 25.3 Å². The van der Waals surface area contributed by atoms with Crippen LogP contribution in [0.1, 0.15) is 16.9 Å². The predicted molar refractivity (Wildman–Crippen MR) is 86.9 cm³/mol. The van der Waals surface area contributed by atoms with Crippen LogP contribution < -0.4 is 10.2 Å². The third kappa shape index (κ3) is 3.50. The van der Waals surface area contributed by atoms with Gasteiger partial charge in [-0.15, -0.1) is 10.2 Å². The number of methoxy groups -OCH3 is 1. The van der Waals surface area contributed by atoms with E-state index in [1.807, 2.05) is 12.1 Å². The van der Waals surface area contributed by atoms with Gasteiger partial charge in [0.05, 0.1) is 12.1 Å². The highest BCUT2D eigenvalue weighted by Gasteiger charge is 2.25. The molecule has 7 nitrogen and oxygen atoms in total. The topological polar surface area (TPSA) is 80.2 Å². The quantitative estimate of drug-likeness (QED) is 0.857. The van der Waals surface area contributed by atoms with E-state index >= 15 is 0 Å². The molecular weight excluding hydrogens is 318 g/mol. The number of ether oxygens (including phenoxy) is 1. The maximum atomic E-state index is 11.3. The van der Waals surface area contributed by atoms with Crippen molar-refractivity contribution in [2.45, 2.75) is 12.5 Å². The predicted octanol–water partition coefficient (Wildman–Crippen LogP) is 2.00. The lowest BCUT2D eigenvalue weighted by Gasteiger charge is -2.19. The highest BCUT2D eigenvalue weighted by molar-refractivity contribution is 6.32. The average Bonchev–Trinajstić information content (AvgIpc) is 3.03. The molecule has 1 aliphatic heterocycles. The van der Waals surface area contributed by atoms with Crippen molar-refractivity contribution in [3.8, 4) is 0 Å². The van der Waals surface area contributed by atoms with E-state index in [4.69, 9.17) is 11.6 Å². The molecule has 0 amide bonds. The summed E-state index contributed by atoms with van der Waals surface area (Å²) in [5.74, 6) is 0.920. The van der Waals surface area contributed by atoms with Crippen molar-refractivity contribution in [2.24, 2.45) is 0 Å². The van der Waals surface area contributed by atoms with Crippen molar-refractivity contribution in [2.75, 3.05) is 30.4 Å². The number of hydrogen-bond donors (Lipinski definition) is 1. The molecule has 0 bridgehead atoms. The summed E-state index contributed by atoms with van der Waals surface area (Å²) in [5, 5.41) is 11.8. The number of hydrogen-bond acceptors (Lipinski definition) is 7. The summed E-state index contributed by atoms with van der Waals surface area (Å²) >= 11 is 6.18. The van der Waals surface area contributed by atoms with Crippen molar-refractivity contribution >= 4 is 29.2 Å². The first kappa shape index (κ1) is 15.5. The molecule has 1 aliphatic rings. The summed E-state index contributed by atoms with van der Waals surface area (Å²) in [6.45, 7) is 1.64. The van der Waals surface area contributed by atoms with E-state index in [2.05, 4.69) is 30.1 Å².